The third kappa shape index (κ3) is 5.88. The van der Waals surface area contributed by atoms with Crippen molar-refractivity contribution in [3.05, 3.63) is 63.9 Å². The molecule has 5 rings (SSSR count). The zero-order valence-corrected chi connectivity index (χ0v) is 23.3. The van der Waals surface area contributed by atoms with Crippen LogP contribution in [0.3, 0.4) is 0 Å². The number of rotatable bonds is 5. The van der Waals surface area contributed by atoms with E-state index in [2.05, 4.69) is 5.32 Å². The summed E-state index contributed by atoms with van der Waals surface area (Å²) in [5.74, 6) is -1.02. The van der Waals surface area contributed by atoms with E-state index in [1.807, 2.05) is 6.07 Å². The van der Waals surface area contributed by atoms with Crippen LogP contribution in [0.1, 0.15) is 30.7 Å². The van der Waals surface area contributed by atoms with Gasteiger partial charge in [0.05, 0.1) is 22.5 Å². The third-order valence-electron chi connectivity index (χ3n) is 7.96. The fourth-order valence-corrected chi connectivity index (χ4v) is 5.88. The molecule has 212 valence electrons. The first-order chi connectivity index (χ1) is 19.1. The molecule has 0 bridgehead atoms. The Morgan fingerprint density at radius 3 is 2.27 bits per heavy atom. The Morgan fingerprint density at radius 1 is 0.975 bits per heavy atom. The number of amides is 4. The van der Waals surface area contributed by atoms with E-state index in [-0.39, 0.29) is 48.3 Å². The Labute approximate surface area is 241 Å². The number of nitrogens with zero attached hydrogens (tertiary/aromatic N) is 3. The number of ether oxygens (including phenoxy) is 1. The fourth-order valence-electron chi connectivity index (χ4n) is 5.57. The number of hydrogen-bond donors (Lipinski definition) is 1. The molecule has 1 N–H and O–H groups in total. The average molecular weight is 591 g/mol. The molecule has 0 radical (unpaired) electrons. The van der Waals surface area contributed by atoms with E-state index in [9.17, 15) is 23.6 Å². The van der Waals surface area contributed by atoms with E-state index >= 15 is 0 Å². The number of carbonyl (C=O) groups is 4. The van der Waals surface area contributed by atoms with Gasteiger partial charge in [0.1, 0.15) is 17.6 Å². The van der Waals surface area contributed by atoms with Gasteiger partial charge in [-0.3, -0.25) is 14.4 Å². The Bertz CT molecular complexity index is 1310. The van der Waals surface area contributed by atoms with Crippen LogP contribution in [-0.4, -0.2) is 83.8 Å². The predicted molar refractivity (Wildman–Crippen MR) is 146 cm³/mol. The molecule has 12 heteroatoms. The Hall–Kier alpha value is -3.37. The van der Waals surface area contributed by atoms with Gasteiger partial charge in [-0.15, -0.1) is 0 Å². The lowest BCUT2D eigenvalue weighted by Crippen LogP contribution is -2.59. The topological polar surface area (TPSA) is 99.3 Å². The molecule has 0 saturated carbocycles. The molecule has 2 aromatic rings. The molecule has 1 unspecified atom stereocenters. The molecule has 0 spiro atoms. The summed E-state index contributed by atoms with van der Waals surface area (Å²) in [6.07, 6.45) is 0.615. The summed E-state index contributed by atoms with van der Waals surface area (Å²) >= 11 is 12.4. The SMILES string of the molecule is CN(C(=O)Oc1ccc(F)cc1)[C@@H]1CN(C(=O)C2CCN(C(=O)C3CC(=O)N3)CC2)C[C@H]1c1ccc(Cl)c(Cl)c1. The molecule has 0 aromatic heterocycles. The quantitative estimate of drug-likeness (QED) is 0.535. The van der Waals surface area contributed by atoms with E-state index in [0.717, 1.165) is 5.56 Å². The monoisotopic (exact) mass is 590 g/mol. The normalized spacial score (nSPS) is 22.9. The summed E-state index contributed by atoms with van der Waals surface area (Å²) in [5.41, 5.74) is 0.832. The van der Waals surface area contributed by atoms with Crippen molar-refractivity contribution in [1.82, 2.24) is 20.0 Å². The van der Waals surface area contributed by atoms with Gasteiger partial charge in [0.2, 0.25) is 17.7 Å². The summed E-state index contributed by atoms with van der Waals surface area (Å²) in [7, 11) is 1.61. The largest absolute Gasteiger partial charge is 0.415 e. The molecule has 0 aliphatic carbocycles. The first-order valence-corrected chi connectivity index (χ1v) is 13.9. The molecule has 9 nitrogen and oxygen atoms in total. The summed E-state index contributed by atoms with van der Waals surface area (Å²) in [6, 6.07) is 9.55. The van der Waals surface area contributed by atoms with Crippen LogP contribution in [0.15, 0.2) is 42.5 Å². The number of benzene rings is 2. The van der Waals surface area contributed by atoms with Gasteiger partial charge in [-0.2, -0.15) is 0 Å². The maximum absolute atomic E-state index is 13.6. The zero-order chi connectivity index (χ0) is 28.6. The first kappa shape index (κ1) is 28.2. The van der Waals surface area contributed by atoms with Gasteiger partial charge in [-0.1, -0.05) is 29.3 Å². The lowest BCUT2D eigenvalue weighted by Gasteiger charge is -2.37. The van der Waals surface area contributed by atoms with E-state index in [4.69, 9.17) is 27.9 Å². The molecule has 40 heavy (non-hydrogen) atoms. The minimum atomic E-state index is -0.633. The van der Waals surface area contributed by atoms with E-state index in [0.29, 0.717) is 42.5 Å². The summed E-state index contributed by atoms with van der Waals surface area (Å²) in [6.45, 7) is 1.53. The average Bonchev–Trinajstić information content (AvgIpc) is 3.38. The van der Waals surface area contributed by atoms with E-state index in [1.54, 1.807) is 29.0 Å². The van der Waals surface area contributed by atoms with Crippen molar-refractivity contribution in [2.45, 2.75) is 37.3 Å². The van der Waals surface area contributed by atoms with Crippen LogP contribution < -0.4 is 10.1 Å². The van der Waals surface area contributed by atoms with E-state index in [1.165, 1.54) is 29.2 Å². The van der Waals surface area contributed by atoms with Crippen molar-refractivity contribution in [3.8, 4) is 5.75 Å². The van der Waals surface area contributed by atoms with Crippen LogP contribution in [-0.2, 0) is 14.4 Å². The van der Waals surface area contributed by atoms with Crippen molar-refractivity contribution in [3.63, 3.8) is 0 Å². The van der Waals surface area contributed by atoms with Crippen LogP contribution in [0.5, 0.6) is 5.75 Å². The highest BCUT2D eigenvalue weighted by molar-refractivity contribution is 6.42. The van der Waals surface area contributed by atoms with Crippen LogP contribution in [0.2, 0.25) is 10.0 Å². The van der Waals surface area contributed by atoms with Gasteiger partial charge < -0.3 is 24.8 Å². The van der Waals surface area contributed by atoms with E-state index < -0.39 is 24.0 Å². The molecule has 3 saturated heterocycles. The van der Waals surface area contributed by atoms with Gasteiger partial charge in [-0.05, 0) is 54.8 Å². The molecule has 4 amide bonds. The van der Waals surface area contributed by atoms with Crippen LogP contribution >= 0.6 is 23.2 Å². The molecule has 3 atom stereocenters. The Kier molecular flexibility index (Phi) is 8.19. The van der Waals surface area contributed by atoms with Gasteiger partial charge in [0.25, 0.3) is 0 Å². The van der Waals surface area contributed by atoms with Crippen molar-refractivity contribution in [2.75, 3.05) is 33.2 Å². The third-order valence-corrected chi connectivity index (χ3v) is 8.69. The van der Waals surface area contributed by atoms with Gasteiger partial charge in [0, 0.05) is 45.1 Å². The molecule has 3 heterocycles. The number of carbonyl (C=O) groups excluding carboxylic acids is 4. The molecule has 3 aliphatic heterocycles. The summed E-state index contributed by atoms with van der Waals surface area (Å²) < 4.78 is 18.7. The van der Waals surface area contributed by atoms with Gasteiger partial charge in [0.15, 0.2) is 0 Å². The molecular weight excluding hydrogens is 562 g/mol. The van der Waals surface area contributed by atoms with Gasteiger partial charge >= 0.3 is 6.09 Å². The number of likely N-dealkylation sites (tertiary alicyclic amines) is 2. The number of likely N-dealkylation sites (N-methyl/N-ethyl adjacent to an activating group) is 1. The van der Waals surface area contributed by atoms with Crippen LogP contribution in [0.4, 0.5) is 9.18 Å². The number of halogens is 3. The lowest BCUT2D eigenvalue weighted by atomic mass is 9.93. The van der Waals surface area contributed by atoms with Gasteiger partial charge in [-0.25, -0.2) is 9.18 Å². The Balaban J connectivity index is 1.28. The summed E-state index contributed by atoms with van der Waals surface area (Å²) in [5, 5.41) is 3.38. The molecule has 3 aliphatic rings. The number of piperidine rings is 1. The van der Waals surface area contributed by atoms with Crippen LogP contribution in [0.25, 0.3) is 0 Å². The molecule has 3 fully saturated rings. The zero-order valence-electron chi connectivity index (χ0n) is 21.8. The lowest BCUT2D eigenvalue weighted by molar-refractivity contribution is -0.146. The highest BCUT2D eigenvalue weighted by Gasteiger charge is 2.43. The van der Waals surface area contributed by atoms with Crippen molar-refractivity contribution < 1.29 is 28.3 Å². The predicted octanol–water partition coefficient (Wildman–Crippen LogP) is 3.68. The van der Waals surface area contributed by atoms with Crippen molar-refractivity contribution in [1.29, 1.82) is 0 Å². The molecular formula is C28H29Cl2FN4O5. The standard InChI is InChI=1S/C28H29Cl2FN4O5/c1-33(28(39)40-19-5-3-18(31)4-6-19)24-15-35(14-20(24)17-2-7-21(29)22(30)12-17)26(37)16-8-10-34(11-9-16)27(38)23-13-25(36)32-23/h2-7,12,16,20,23-24H,8-11,13-15H2,1H3,(H,32,36)/t20-,23?,24+/m0/s1. The Morgan fingerprint density at radius 2 is 1.65 bits per heavy atom. The second kappa shape index (κ2) is 11.6. The number of nitrogens with one attached hydrogen (secondary N) is 1. The minimum absolute atomic E-state index is 0.0306. The second-order valence-electron chi connectivity index (χ2n) is 10.4. The molecule has 2 aromatic carbocycles. The maximum atomic E-state index is 13.6. The number of hydrogen-bond acceptors (Lipinski definition) is 5. The second-order valence-corrected chi connectivity index (χ2v) is 11.3. The van der Waals surface area contributed by atoms with Crippen molar-refractivity contribution >= 4 is 47.0 Å². The maximum Gasteiger partial charge on any atom is 0.415 e. The number of β-lactam (4-membered cyclic amide) rings is 1. The van der Waals surface area contributed by atoms with Crippen molar-refractivity contribution in [2.24, 2.45) is 5.92 Å². The van der Waals surface area contributed by atoms with Crippen LogP contribution in [0, 0.1) is 11.7 Å². The highest BCUT2D eigenvalue weighted by atomic mass is 35.5. The smallest absolute Gasteiger partial charge is 0.410 e. The summed E-state index contributed by atoms with van der Waals surface area (Å²) in [4.78, 5) is 55.4. The fraction of sp³-hybridized carbons (Fsp3) is 0.429. The highest BCUT2D eigenvalue weighted by Crippen LogP contribution is 2.36. The minimum Gasteiger partial charge on any atom is -0.410 e. The first-order valence-electron chi connectivity index (χ1n) is 13.1.